The van der Waals surface area contributed by atoms with Crippen LogP contribution >= 0.6 is 0 Å². The van der Waals surface area contributed by atoms with E-state index >= 15 is 0 Å². The molecule has 0 amide bonds. The lowest BCUT2D eigenvalue weighted by molar-refractivity contribution is -0.206. The maximum absolute atomic E-state index is 12.2. The molecule has 0 bridgehead atoms. The molecule has 162 valence electrons. The van der Waals surface area contributed by atoms with Crippen LogP contribution in [0.3, 0.4) is 0 Å². The molecule has 3 unspecified atom stereocenters. The number of hydrogen-bond donors (Lipinski definition) is 5. The van der Waals surface area contributed by atoms with Gasteiger partial charge in [-0.25, -0.2) is 5.43 Å². The Morgan fingerprint density at radius 2 is 1.90 bits per heavy atom. The highest BCUT2D eigenvalue weighted by atomic mass is 16.3. The fraction of sp³-hybridized carbons (Fsp3) is 0.826. The van der Waals surface area contributed by atoms with Crippen molar-refractivity contribution in [2.45, 2.75) is 83.3 Å². The van der Waals surface area contributed by atoms with E-state index in [0.717, 1.165) is 63.5 Å². The van der Waals surface area contributed by atoms with Crippen LogP contribution in [-0.2, 0) is 0 Å². The molecule has 6 heteroatoms. The number of hydrogen-bond acceptors (Lipinski definition) is 4. The second-order valence-electron chi connectivity index (χ2n) is 10.7. The Balaban J connectivity index is 1.64. The van der Waals surface area contributed by atoms with Crippen molar-refractivity contribution in [3.8, 4) is 0 Å². The number of nitrogens with two attached hydrogens (primary N) is 1. The number of nitrogens with one attached hydrogen (secondary N) is 2. The molecule has 0 radical (unpaired) electrons. The molecule has 4 aliphatic rings. The minimum atomic E-state index is -0.690. The monoisotopic (exact) mass is 402 g/mol. The van der Waals surface area contributed by atoms with Gasteiger partial charge in [-0.1, -0.05) is 20.4 Å². The van der Waals surface area contributed by atoms with Crippen molar-refractivity contribution in [2.24, 2.45) is 45.3 Å². The van der Waals surface area contributed by atoms with Gasteiger partial charge in [-0.05, 0) is 87.0 Å². The van der Waals surface area contributed by atoms with Crippen LogP contribution in [0.25, 0.3) is 0 Å². The zero-order valence-corrected chi connectivity index (χ0v) is 18.0. The minimum Gasteiger partial charge on any atom is -0.393 e. The van der Waals surface area contributed by atoms with E-state index in [4.69, 9.17) is 11.1 Å². The quantitative estimate of drug-likeness (QED) is 0.283. The molecule has 0 aromatic carbocycles. The summed E-state index contributed by atoms with van der Waals surface area (Å²) in [6.45, 7) is 8.62. The standard InChI is InChI=1S/C23H38N4O2/c1-4-19(26-27-20(24)25)18-9-12-23(29)17-6-5-14-13-15(28)7-10-21(14,2)16(17)8-11-22(18,23)3/h4,14-18,28-29H,1,5-13H2,2-3H3,(H4,24,25,27)/b26-19-/t14?,15?,16-,17-,18?,21+,22-,23-/m1/s1. The normalized spacial score (nSPS) is 49.5. The number of guanidine groups is 1. The zero-order chi connectivity index (χ0) is 21.0. The summed E-state index contributed by atoms with van der Waals surface area (Å²) in [5, 5.41) is 34.1. The molecular formula is C23H38N4O2. The Labute approximate surface area is 174 Å². The van der Waals surface area contributed by atoms with Crippen LogP contribution in [-0.4, -0.2) is 33.6 Å². The first-order chi connectivity index (χ1) is 13.7. The molecule has 0 heterocycles. The third kappa shape index (κ3) is 2.97. The van der Waals surface area contributed by atoms with Crippen LogP contribution in [0.5, 0.6) is 0 Å². The lowest BCUT2D eigenvalue weighted by atomic mass is 9.43. The van der Waals surface area contributed by atoms with E-state index in [-0.39, 0.29) is 28.8 Å². The van der Waals surface area contributed by atoms with E-state index in [2.05, 4.69) is 31.0 Å². The Morgan fingerprint density at radius 3 is 2.59 bits per heavy atom. The van der Waals surface area contributed by atoms with E-state index in [1.54, 1.807) is 6.08 Å². The summed E-state index contributed by atoms with van der Waals surface area (Å²) in [6.07, 6.45) is 10.5. The average molecular weight is 403 g/mol. The summed E-state index contributed by atoms with van der Waals surface area (Å²) in [4.78, 5) is 0. The van der Waals surface area contributed by atoms with Gasteiger partial charge in [-0.2, -0.15) is 5.10 Å². The highest BCUT2D eigenvalue weighted by molar-refractivity contribution is 5.98. The van der Waals surface area contributed by atoms with E-state index in [1.807, 2.05) is 0 Å². The maximum Gasteiger partial charge on any atom is 0.206 e. The molecule has 4 rings (SSSR count). The highest BCUT2D eigenvalue weighted by Gasteiger charge is 2.67. The third-order valence-electron chi connectivity index (χ3n) is 9.70. The fourth-order valence-electron chi connectivity index (χ4n) is 8.07. The first-order valence-corrected chi connectivity index (χ1v) is 11.4. The highest BCUT2D eigenvalue weighted by Crippen LogP contribution is 2.69. The van der Waals surface area contributed by atoms with Gasteiger partial charge in [0.25, 0.3) is 0 Å². The summed E-state index contributed by atoms with van der Waals surface area (Å²) in [5.74, 6) is 1.37. The number of allylic oxidation sites excluding steroid dienone is 1. The van der Waals surface area contributed by atoms with Gasteiger partial charge in [0.05, 0.1) is 17.4 Å². The van der Waals surface area contributed by atoms with Crippen LogP contribution in [0.1, 0.15) is 71.6 Å². The fourth-order valence-corrected chi connectivity index (χ4v) is 8.07. The minimum absolute atomic E-state index is 0.122. The summed E-state index contributed by atoms with van der Waals surface area (Å²) in [6, 6.07) is 0. The van der Waals surface area contributed by atoms with E-state index in [0.29, 0.717) is 17.8 Å². The molecule has 6 N–H and O–H groups in total. The van der Waals surface area contributed by atoms with Crippen molar-refractivity contribution in [3.05, 3.63) is 12.7 Å². The van der Waals surface area contributed by atoms with Gasteiger partial charge in [0.15, 0.2) is 0 Å². The molecule has 0 saturated heterocycles. The Kier molecular flexibility index (Phi) is 5.10. The molecule has 6 nitrogen and oxygen atoms in total. The molecule has 0 aromatic heterocycles. The predicted octanol–water partition coefficient (Wildman–Crippen LogP) is 3.15. The molecule has 4 fully saturated rings. The molecule has 4 saturated carbocycles. The van der Waals surface area contributed by atoms with E-state index < -0.39 is 5.60 Å². The Morgan fingerprint density at radius 1 is 1.14 bits per heavy atom. The molecule has 29 heavy (non-hydrogen) atoms. The van der Waals surface area contributed by atoms with Gasteiger partial charge < -0.3 is 15.9 Å². The van der Waals surface area contributed by atoms with Crippen molar-refractivity contribution < 1.29 is 10.2 Å². The van der Waals surface area contributed by atoms with Gasteiger partial charge in [-0.15, -0.1) is 0 Å². The maximum atomic E-state index is 12.2. The molecule has 4 aliphatic carbocycles. The molecule has 0 aliphatic heterocycles. The van der Waals surface area contributed by atoms with Crippen LogP contribution in [0, 0.1) is 39.9 Å². The first-order valence-electron chi connectivity index (χ1n) is 11.4. The van der Waals surface area contributed by atoms with Gasteiger partial charge >= 0.3 is 0 Å². The van der Waals surface area contributed by atoms with Crippen molar-refractivity contribution in [1.82, 2.24) is 5.43 Å². The van der Waals surface area contributed by atoms with E-state index in [1.165, 1.54) is 0 Å². The summed E-state index contributed by atoms with van der Waals surface area (Å²) in [5.41, 5.74) is 8.11. The predicted molar refractivity (Wildman–Crippen MR) is 115 cm³/mol. The summed E-state index contributed by atoms with van der Waals surface area (Å²) in [7, 11) is 0. The van der Waals surface area contributed by atoms with Crippen LogP contribution in [0.15, 0.2) is 17.8 Å². The smallest absolute Gasteiger partial charge is 0.206 e. The molecule has 0 spiro atoms. The van der Waals surface area contributed by atoms with Gasteiger partial charge in [0.2, 0.25) is 5.96 Å². The number of hydrazone groups is 1. The number of fused-ring (bicyclic) bond motifs is 5. The Bertz CT molecular complexity index is 724. The van der Waals surface area contributed by atoms with Crippen molar-refractivity contribution >= 4 is 11.7 Å². The van der Waals surface area contributed by atoms with Crippen LogP contribution < -0.4 is 11.2 Å². The average Bonchev–Trinajstić information content (AvgIpc) is 2.95. The summed E-state index contributed by atoms with van der Waals surface area (Å²) < 4.78 is 0. The lowest BCUT2D eigenvalue weighted by Crippen LogP contribution is -2.62. The van der Waals surface area contributed by atoms with Crippen molar-refractivity contribution in [3.63, 3.8) is 0 Å². The third-order valence-corrected chi connectivity index (χ3v) is 9.70. The summed E-state index contributed by atoms with van der Waals surface area (Å²) >= 11 is 0. The SMILES string of the molecule is C=C/C(=N/NC(=N)N)C1CC[C@@]2(O)[C@@H]3CCC4CC(O)CC[C@]4(C)[C@@H]3CC[C@]12C. The largest absolute Gasteiger partial charge is 0.393 e. The second-order valence-corrected chi connectivity index (χ2v) is 10.7. The Hall–Kier alpha value is -1.40. The van der Waals surface area contributed by atoms with Gasteiger partial charge in [0.1, 0.15) is 0 Å². The number of rotatable bonds is 3. The number of nitrogens with zero attached hydrogens (tertiary/aromatic N) is 1. The van der Waals surface area contributed by atoms with Crippen LogP contribution in [0.4, 0.5) is 0 Å². The molecular weight excluding hydrogens is 364 g/mol. The first kappa shape index (κ1) is 20.9. The lowest BCUT2D eigenvalue weighted by Gasteiger charge is -2.63. The second kappa shape index (κ2) is 7.09. The topological polar surface area (TPSA) is 115 Å². The zero-order valence-electron chi connectivity index (χ0n) is 18.0. The molecule has 0 aromatic rings. The van der Waals surface area contributed by atoms with Crippen LogP contribution in [0.2, 0.25) is 0 Å². The van der Waals surface area contributed by atoms with Crippen molar-refractivity contribution in [1.29, 1.82) is 5.41 Å². The number of aliphatic hydroxyl groups excluding tert-OH is 1. The van der Waals surface area contributed by atoms with Gasteiger partial charge in [-0.3, -0.25) is 5.41 Å². The number of aliphatic hydroxyl groups is 2. The van der Waals surface area contributed by atoms with Crippen molar-refractivity contribution in [2.75, 3.05) is 0 Å². The van der Waals surface area contributed by atoms with E-state index in [9.17, 15) is 10.2 Å². The van der Waals surface area contributed by atoms with Gasteiger partial charge in [0, 0.05) is 11.3 Å². The molecule has 8 atom stereocenters.